The van der Waals surface area contributed by atoms with Crippen molar-refractivity contribution in [3.8, 4) is 5.75 Å². The number of carbonyl (C=O) groups excluding carboxylic acids is 1. The van der Waals surface area contributed by atoms with Gasteiger partial charge in [0.2, 0.25) is 0 Å². The van der Waals surface area contributed by atoms with E-state index in [1.165, 1.54) is 24.5 Å². The Bertz CT molecular complexity index is 692. The lowest BCUT2D eigenvalue weighted by Gasteiger charge is -2.48. The highest BCUT2D eigenvalue weighted by atomic mass is 16.5. The first kappa shape index (κ1) is 15.7. The minimum atomic E-state index is -0.138. The Morgan fingerprint density at radius 3 is 2.83 bits per heavy atom. The van der Waals surface area contributed by atoms with Crippen LogP contribution in [0.25, 0.3) is 6.08 Å². The number of carbonyl (C=O) groups is 1. The van der Waals surface area contributed by atoms with E-state index in [0.717, 1.165) is 25.0 Å². The SMILES string of the molecule is COc1ccc2c(c1)C=C[C@@H]1[C@@H]2CC[C@]2(C)[C@@H](OC(C)=O)CC[C@@H]12. The molecular weight excluding hydrogens is 300 g/mol. The topological polar surface area (TPSA) is 35.5 Å². The Hall–Kier alpha value is -1.77. The van der Waals surface area contributed by atoms with Crippen LogP contribution in [0.3, 0.4) is 0 Å². The molecule has 2 fully saturated rings. The third-order valence-corrected chi connectivity index (χ3v) is 6.75. The predicted octanol–water partition coefficient (Wildman–Crippen LogP) is 4.56. The molecule has 0 N–H and O–H groups in total. The van der Waals surface area contributed by atoms with Crippen LogP contribution in [0, 0.1) is 17.3 Å². The first-order valence-corrected chi connectivity index (χ1v) is 9.06. The van der Waals surface area contributed by atoms with Crippen LogP contribution in [0.5, 0.6) is 5.75 Å². The molecule has 3 heteroatoms. The number of esters is 1. The Balaban J connectivity index is 1.64. The molecule has 1 aromatic rings. The van der Waals surface area contributed by atoms with Gasteiger partial charge in [0.25, 0.3) is 0 Å². The van der Waals surface area contributed by atoms with Gasteiger partial charge in [-0.1, -0.05) is 25.1 Å². The van der Waals surface area contributed by atoms with E-state index in [9.17, 15) is 4.79 Å². The molecule has 0 unspecified atom stereocenters. The highest BCUT2D eigenvalue weighted by Crippen LogP contribution is 2.60. The second kappa shape index (κ2) is 5.65. The van der Waals surface area contributed by atoms with Gasteiger partial charge in [-0.2, -0.15) is 0 Å². The van der Waals surface area contributed by atoms with Crippen molar-refractivity contribution in [3.05, 3.63) is 35.4 Å². The Morgan fingerprint density at radius 2 is 2.08 bits per heavy atom. The van der Waals surface area contributed by atoms with E-state index in [2.05, 4.69) is 37.3 Å². The van der Waals surface area contributed by atoms with Gasteiger partial charge in [0, 0.05) is 12.3 Å². The maximum atomic E-state index is 11.5. The molecule has 3 nitrogen and oxygen atoms in total. The Labute approximate surface area is 144 Å². The van der Waals surface area contributed by atoms with Crippen molar-refractivity contribution in [2.24, 2.45) is 17.3 Å². The minimum absolute atomic E-state index is 0.0895. The minimum Gasteiger partial charge on any atom is -0.497 e. The number of allylic oxidation sites excluding steroid dienone is 1. The van der Waals surface area contributed by atoms with Gasteiger partial charge in [-0.05, 0) is 66.7 Å². The lowest BCUT2D eigenvalue weighted by molar-refractivity contribution is -0.154. The standard InChI is InChI=1S/C21H26O3/c1-13(22)24-20-9-8-19-18-6-4-14-12-15(23-3)5-7-16(14)17(18)10-11-21(19,20)2/h4-7,12,17-20H,8-11H2,1-3H3/t17-,18-,19+,20+,21+/m1/s1. The van der Waals surface area contributed by atoms with Crippen LogP contribution in [-0.2, 0) is 9.53 Å². The van der Waals surface area contributed by atoms with E-state index in [4.69, 9.17) is 9.47 Å². The largest absolute Gasteiger partial charge is 0.497 e. The number of benzene rings is 1. The summed E-state index contributed by atoms with van der Waals surface area (Å²) in [5.74, 6) is 2.54. The smallest absolute Gasteiger partial charge is 0.302 e. The summed E-state index contributed by atoms with van der Waals surface area (Å²) < 4.78 is 11.1. The van der Waals surface area contributed by atoms with Crippen LogP contribution in [0.15, 0.2) is 24.3 Å². The molecule has 5 atom stereocenters. The fourth-order valence-corrected chi connectivity index (χ4v) is 5.55. The van der Waals surface area contributed by atoms with Gasteiger partial charge in [-0.3, -0.25) is 4.79 Å². The van der Waals surface area contributed by atoms with Crippen molar-refractivity contribution in [2.75, 3.05) is 7.11 Å². The van der Waals surface area contributed by atoms with Gasteiger partial charge in [0.1, 0.15) is 11.9 Å². The molecule has 0 spiro atoms. The van der Waals surface area contributed by atoms with E-state index < -0.39 is 0 Å². The molecule has 3 aliphatic rings. The molecule has 4 rings (SSSR count). The predicted molar refractivity (Wildman–Crippen MR) is 93.9 cm³/mol. The summed E-state index contributed by atoms with van der Waals surface area (Å²) in [6.45, 7) is 3.87. The van der Waals surface area contributed by atoms with Crippen LogP contribution in [0.1, 0.15) is 56.6 Å². The number of rotatable bonds is 2. The van der Waals surface area contributed by atoms with Crippen molar-refractivity contribution >= 4 is 12.0 Å². The molecule has 2 saturated carbocycles. The molecule has 0 heterocycles. The van der Waals surface area contributed by atoms with Crippen molar-refractivity contribution in [1.82, 2.24) is 0 Å². The molecule has 0 aromatic heterocycles. The zero-order chi connectivity index (χ0) is 16.9. The third-order valence-electron chi connectivity index (χ3n) is 6.75. The summed E-state index contributed by atoms with van der Waals surface area (Å²) in [6.07, 6.45) is 9.23. The average molecular weight is 326 g/mol. The van der Waals surface area contributed by atoms with Crippen LogP contribution in [0.2, 0.25) is 0 Å². The zero-order valence-electron chi connectivity index (χ0n) is 14.7. The van der Waals surface area contributed by atoms with Crippen LogP contribution in [0.4, 0.5) is 0 Å². The summed E-state index contributed by atoms with van der Waals surface area (Å²) >= 11 is 0. The summed E-state index contributed by atoms with van der Waals surface area (Å²) in [5, 5.41) is 0. The van der Waals surface area contributed by atoms with Crippen LogP contribution in [-0.4, -0.2) is 19.2 Å². The number of ether oxygens (including phenoxy) is 2. The van der Waals surface area contributed by atoms with Crippen LogP contribution < -0.4 is 4.74 Å². The number of methoxy groups -OCH3 is 1. The van der Waals surface area contributed by atoms with Gasteiger partial charge in [0.05, 0.1) is 7.11 Å². The van der Waals surface area contributed by atoms with E-state index in [-0.39, 0.29) is 17.5 Å². The van der Waals surface area contributed by atoms with E-state index in [1.54, 1.807) is 7.11 Å². The number of fused-ring (bicyclic) bond motifs is 5. The van der Waals surface area contributed by atoms with Crippen molar-refractivity contribution < 1.29 is 14.3 Å². The highest BCUT2D eigenvalue weighted by Gasteiger charge is 2.55. The second-order valence-electron chi connectivity index (χ2n) is 7.86. The second-order valence-corrected chi connectivity index (χ2v) is 7.86. The molecule has 128 valence electrons. The normalized spacial score (nSPS) is 36.5. The fourth-order valence-electron chi connectivity index (χ4n) is 5.55. The summed E-state index contributed by atoms with van der Waals surface area (Å²) in [7, 11) is 1.72. The first-order valence-electron chi connectivity index (χ1n) is 9.06. The molecule has 0 radical (unpaired) electrons. The molecule has 0 saturated heterocycles. The quantitative estimate of drug-likeness (QED) is 0.747. The maximum Gasteiger partial charge on any atom is 0.302 e. The van der Waals surface area contributed by atoms with Crippen molar-refractivity contribution in [3.63, 3.8) is 0 Å². The molecule has 1 aromatic carbocycles. The summed E-state index contributed by atoms with van der Waals surface area (Å²) in [4.78, 5) is 11.5. The Kier molecular flexibility index (Phi) is 3.70. The lowest BCUT2D eigenvalue weighted by atomic mass is 9.57. The lowest BCUT2D eigenvalue weighted by Crippen LogP contribution is -2.43. The number of hydrogen-bond donors (Lipinski definition) is 0. The van der Waals surface area contributed by atoms with Gasteiger partial charge in [0.15, 0.2) is 0 Å². The van der Waals surface area contributed by atoms with E-state index in [0.29, 0.717) is 17.8 Å². The molecule has 3 aliphatic carbocycles. The van der Waals surface area contributed by atoms with Gasteiger partial charge >= 0.3 is 5.97 Å². The highest BCUT2D eigenvalue weighted by molar-refractivity contribution is 5.66. The molecule has 0 amide bonds. The third kappa shape index (κ3) is 2.28. The van der Waals surface area contributed by atoms with Crippen molar-refractivity contribution in [1.29, 1.82) is 0 Å². The van der Waals surface area contributed by atoms with E-state index in [1.807, 2.05) is 0 Å². The van der Waals surface area contributed by atoms with E-state index >= 15 is 0 Å². The zero-order valence-corrected chi connectivity index (χ0v) is 14.7. The fraction of sp³-hybridized carbons (Fsp3) is 0.571. The maximum absolute atomic E-state index is 11.5. The molecule has 24 heavy (non-hydrogen) atoms. The summed E-state index contributed by atoms with van der Waals surface area (Å²) in [6, 6.07) is 6.47. The summed E-state index contributed by atoms with van der Waals surface area (Å²) in [5.41, 5.74) is 2.89. The molecular formula is C21H26O3. The van der Waals surface area contributed by atoms with Crippen molar-refractivity contribution in [2.45, 2.75) is 51.6 Å². The molecule has 0 aliphatic heterocycles. The van der Waals surface area contributed by atoms with Gasteiger partial charge in [-0.25, -0.2) is 0 Å². The van der Waals surface area contributed by atoms with Crippen LogP contribution >= 0.6 is 0 Å². The van der Waals surface area contributed by atoms with Gasteiger partial charge in [-0.15, -0.1) is 0 Å². The van der Waals surface area contributed by atoms with Gasteiger partial charge < -0.3 is 9.47 Å². The Morgan fingerprint density at radius 1 is 1.25 bits per heavy atom. The monoisotopic (exact) mass is 326 g/mol. The number of hydrogen-bond acceptors (Lipinski definition) is 3. The molecule has 0 bridgehead atoms. The first-order chi connectivity index (χ1) is 11.5. The average Bonchev–Trinajstić information content (AvgIpc) is 2.90.